The molecule has 0 unspecified atom stereocenters. The van der Waals surface area contributed by atoms with E-state index in [4.69, 9.17) is 4.74 Å². The second-order valence-corrected chi connectivity index (χ2v) is 6.34. The average Bonchev–Trinajstić information content (AvgIpc) is 2.89. The van der Waals surface area contributed by atoms with Crippen LogP contribution in [0.15, 0.2) is 30.3 Å². The third-order valence-corrected chi connectivity index (χ3v) is 4.48. The molecule has 0 spiro atoms. The number of rotatable bonds is 4. The zero-order valence-corrected chi connectivity index (χ0v) is 14.8. The lowest BCUT2D eigenvalue weighted by molar-refractivity contribution is 0.373. The van der Waals surface area contributed by atoms with E-state index in [-0.39, 0.29) is 18.2 Å². The van der Waals surface area contributed by atoms with Crippen LogP contribution in [0.2, 0.25) is 0 Å². The molecule has 3 rings (SSSR count). The third kappa shape index (κ3) is 3.68. The summed E-state index contributed by atoms with van der Waals surface area (Å²) in [6.07, 6.45) is 0. The molecule has 2 aromatic carbocycles. The zero-order chi connectivity index (χ0) is 15.7. The van der Waals surface area contributed by atoms with Crippen molar-refractivity contribution in [1.29, 1.82) is 0 Å². The monoisotopic (exact) mass is 350 g/mol. The molecule has 1 aromatic heterocycles. The topological polar surface area (TPSA) is 54.4 Å². The minimum absolute atomic E-state index is 0. The molecule has 0 amide bonds. The van der Waals surface area contributed by atoms with Crippen molar-refractivity contribution in [2.45, 2.75) is 20.4 Å². The summed E-state index contributed by atoms with van der Waals surface area (Å²) in [7, 11) is 1.55. The highest BCUT2D eigenvalue weighted by atomic mass is 35.5. The van der Waals surface area contributed by atoms with E-state index in [1.165, 1.54) is 15.8 Å². The number of methoxy groups -OCH3 is 1. The zero-order valence-electron chi connectivity index (χ0n) is 13.2. The molecule has 0 aliphatic carbocycles. The number of fused-ring (bicyclic) bond motifs is 1. The number of thiazole rings is 1. The van der Waals surface area contributed by atoms with E-state index >= 15 is 0 Å². The molecule has 1 heterocycles. The second kappa shape index (κ2) is 7.06. The average molecular weight is 351 g/mol. The molecular weight excluding hydrogens is 332 g/mol. The van der Waals surface area contributed by atoms with E-state index < -0.39 is 0 Å². The van der Waals surface area contributed by atoms with Gasteiger partial charge in [0.25, 0.3) is 0 Å². The summed E-state index contributed by atoms with van der Waals surface area (Å²) in [6, 6.07) is 9.64. The van der Waals surface area contributed by atoms with Gasteiger partial charge >= 0.3 is 0 Å². The summed E-state index contributed by atoms with van der Waals surface area (Å²) >= 11 is 1.66. The van der Waals surface area contributed by atoms with Gasteiger partial charge in [-0.15, -0.1) is 12.4 Å². The van der Waals surface area contributed by atoms with Crippen molar-refractivity contribution in [2.75, 3.05) is 12.4 Å². The molecule has 6 heteroatoms. The third-order valence-electron chi connectivity index (χ3n) is 3.52. The summed E-state index contributed by atoms with van der Waals surface area (Å²) in [4.78, 5) is 4.66. The first-order valence-corrected chi connectivity index (χ1v) is 7.86. The lowest BCUT2D eigenvalue weighted by atomic mass is 10.1. The molecule has 2 N–H and O–H groups in total. The summed E-state index contributed by atoms with van der Waals surface area (Å²) in [6.45, 7) is 4.82. The number of ether oxygens (including phenoxy) is 1. The van der Waals surface area contributed by atoms with Gasteiger partial charge in [0.15, 0.2) is 16.6 Å². The number of aromatic hydroxyl groups is 1. The lowest BCUT2D eigenvalue weighted by Gasteiger charge is -2.07. The first-order chi connectivity index (χ1) is 10.6. The number of phenolic OH excluding ortho intramolecular Hbond substituents is 1. The highest BCUT2D eigenvalue weighted by molar-refractivity contribution is 7.22. The van der Waals surface area contributed by atoms with Gasteiger partial charge in [0.05, 0.1) is 17.3 Å². The predicted molar refractivity (Wildman–Crippen MR) is 98.3 cm³/mol. The number of hydrogen-bond acceptors (Lipinski definition) is 5. The molecular formula is C17H19ClN2O2S. The fraction of sp³-hybridized carbons (Fsp3) is 0.235. The van der Waals surface area contributed by atoms with Crippen LogP contribution >= 0.6 is 23.7 Å². The van der Waals surface area contributed by atoms with Gasteiger partial charge in [0.2, 0.25) is 0 Å². The van der Waals surface area contributed by atoms with E-state index in [9.17, 15) is 5.11 Å². The van der Waals surface area contributed by atoms with Crippen LogP contribution in [0.5, 0.6) is 11.5 Å². The Bertz CT molecular complexity index is 833. The fourth-order valence-electron chi connectivity index (χ4n) is 2.46. The standard InChI is InChI=1S/C17H18N2O2S.ClH/c1-10-6-11(2)16-15(7-10)22-17(19-16)18-9-12-4-5-13(20)14(8-12)21-3;/h4-8,20H,9H2,1-3H3,(H,18,19);1H. The molecule has 0 bridgehead atoms. The highest BCUT2D eigenvalue weighted by Gasteiger charge is 2.08. The quantitative estimate of drug-likeness (QED) is 0.718. The maximum atomic E-state index is 9.62. The molecule has 0 atom stereocenters. The van der Waals surface area contributed by atoms with Gasteiger partial charge in [-0.25, -0.2) is 4.98 Å². The predicted octanol–water partition coefficient (Wildman–Crippen LogP) is 4.66. The maximum absolute atomic E-state index is 9.62. The molecule has 0 saturated carbocycles. The van der Waals surface area contributed by atoms with Crippen LogP contribution in [0.1, 0.15) is 16.7 Å². The SMILES string of the molecule is COc1cc(CNc2nc3c(C)cc(C)cc3s2)ccc1O.Cl. The Hall–Kier alpha value is -1.98. The van der Waals surface area contributed by atoms with Gasteiger partial charge in [-0.05, 0) is 48.7 Å². The van der Waals surface area contributed by atoms with Crippen LogP contribution < -0.4 is 10.1 Å². The minimum atomic E-state index is 0. The molecule has 4 nitrogen and oxygen atoms in total. The number of hydrogen-bond donors (Lipinski definition) is 2. The Kier molecular flexibility index (Phi) is 5.34. The van der Waals surface area contributed by atoms with Crippen molar-refractivity contribution >= 4 is 39.1 Å². The molecule has 0 fully saturated rings. The summed E-state index contributed by atoms with van der Waals surface area (Å²) in [5.41, 5.74) is 4.54. The largest absolute Gasteiger partial charge is 0.504 e. The van der Waals surface area contributed by atoms with Gasteiger partial charge in [-0.2, -0.15) is 0 Å². The van der Waals surface area contributed by atoms with Gasteiger partial charge in [0, 0.05) is 6.54 Å². The molecule has 0 aliphatic rings. The van der Waals surface area contributed by atoms with E-state index in [2.05, 4.69) is 36.3 Å². The maximum Gasteiger partial charge on any atom is 0.184 e. The van der Waals surface area contributed by atoms with Crippen molar-refractivity contribution in [3.63, 3.8) is 0 Å². The first-order valence-electron chi connectivity index (χ1n) is 7.04. The Labute approximate surface area is 145 Å². The summed E-state index contributed by atoms with van der Waals surface area (Å²) < 4.78 is 6.32. The van der Waals surface area contributed by atoms with Gasteiger partial charge in [-0.3, -0.25) is 0 Å². The minimum Gasteiger partial charge on any atom is -0.504 e. The number of aryl methyl sites for hydroxylation is 2. The van der Waals surface area contributed by atoms with E-state index in [0.29, 0.717) is 12.3 Å². The Balaban J connectivity index is 0.00000192. The van der Waals surface area contributed by atoms with Gasteiger partial charge in [0.1, 0.15) is 0 Å². The fourth-order valence-corrected chi connectivity index (χ4v) is 3.49. The van der Waals surface area contributed by atoms with E-state index in [1.807, 2.05) is 12.1 Å². The van der Waals surface area contributed by atoms with Crippen LogP contribution in [0.25, 0.3) is 10.2 Å². The van der Waals surface area contributed by atoms with Crippen LogP contribution in [0, 0.1) is 13.8 Å². The van der Waals surface area contributed by atoms with E-state index in [1.54, 1.807) is 24.5 Å². The van der Waals surface area contributed by atoms with Crippen molar-refractivity contribution in [3.05, 3.63) is 47.0 Å². The lowest BCUT2D eigenvalue weighted by Crippen LogP contribution is -1.99. The Morgan fingerprint density at radius 3 is 2.74 bits per heavy atom. The van der Waals surface area contributed by atoms with Crippen LogP contribution in [-0.2, 0) is 6.54 Å². The van der Waals surface area contributed by atoms with Crippen LogP contribution in [-0.4, -0.2) is 17.2 Å². The highest BCUT2D eigenvalue weighted by Crippen LogP contribution is 2.30. The van der Waals surface area contributed by atoms with Crippen molar-refractivity contribution in [3.8, 4) is 11.5 Å². The first kappa shape index (κ1) is 17.4. The Morgan fingerprint density at radius 2 is 2.00 bits per heavy atom. The number of phenols is 1. The second-order valence-electron chi connectivity index (χ2n) is 5.31. The van der Waals surface area contributed by atoms with Gasteiger partial charge < -0.3 is 15.2 Å². The van der Waals surface area contributed by atoms with Crippen LogP contribution in [0.3, 0.4) is 0 Å². The number of aromatic nitrogens is 1. The summed E-state index contributed by atoms with van der Waals surface area (Å²) in [5.74, 6) is 0.632. The summed E-state index contributed by atoms with van der Waals surface area (Å²) in [5, 5.41) is 13.9. The molecule has 23 heavy (non-hydrogen) atoms. The van der Waals surface area contributed by atoms with Crippen molar-refractivity contribution in [2.24, 2.45) is 0 Å². The number of anilines is 1. The van der Waals surface area contributed by atoms with E-state index in [0.717, 1.165) is 16.2 Å². The molecule has 0 radical (unpaired) electrons. The molecule has 0 saturated heterocycles. The number of benzene rings is 2. The van der Waals surface area contributed by atoms with Crippen LogP contribution in [0.4, 0.5) is 5.13 Å². The normalized spacial score (nSPS) is 10.4. The smallest absolute Gasteiger partial charge is 0.184 e. The number of nitrogens with one attached hydrogen (secondary N) is 1. The number of halogens is 1. The number of nitrogens with zero attached hydrogens (tertiary/aromatic N) is 1. The van der Waals surface area contributed by atoms with Crippen molar-refractivity contribution in [1.82, 2.24) is 4.98 Å². The van der Waals surface area contributed by atoms with Gasteiger partial charge in [-0.1, -0.05) is 23.5 Å². The van der Waals surface area contributed by atoms with Crippen molar-refractivity contribution < 1.29 is 9.84 Å². The molecule has 122 valence electrons. The Morgan fingerprint density at radius 1 is 1.22 bits per heavy atom. The molecule has 3 aromatic rings. The molecule has 0 aliphatic heterocycles.